The third-order valence-corrected chi connectivity index (χ3v) is 6.12. The van der Waals surface area contributed by atoms with Crippen molar-refractivity contribution in [3.63, 3.8) is 0 Å². The SMILES string of the molecule is COc1c(C(=O)NC2CC3CCC(C2)N3Cc2ccccc2)oc2nccnc12. The number of piperidine rings is 1. The monoisotopic (exact) mass is 392 g/mol. The van der Waals surface area contributed by atoms with Crippen molar-refractivity contribution < 1.29 is 13.9 Å². The van der Waals surface area contributed by atoms with E-state index in [-0.39, 0.29) is 17.7 Å². The summed E-state index contributed by atoms with van der Waals surface area (Å²) in [6.07, 6.45) is 7.37. The van der Waals surface area contributed by atoms with Crippen LogP contribution in [0.25, 0.3) is 11.2 Å². The van der Waals surface area contributed by atoms with Gasteiger partial charge >= 0.3 is 0 Å². The van der Waals surface area contributed by atoms with Crippen LogP contribution in [0.15, 0.2) is 47.1 Å². The van der Waals surface area contributed by atoms with Crippen molar-refractivity contribution in [2.75, 3.05) is 7.11 Å². The van der Waals surface area contributed by atoms with Crippen molar-refractivity contribution in [2.24, 2.45) is 0 Å². The van der Waals surface area contributed by atoms with Gasteiger partial charge in [0, 0.05) is 37.1 Å². The summed E-state index contributed by atoms with van der Waals surface area (Å²) < 4.78 is 11.0. The van der Waals surface area contributed by atoms with E-state index in [2.05, 4.69) is 50.5 Å². The summed E-state index contributed by atoms with van der Waals surface area (Å²) >= 11 is 0. The minimum absolute atomic E-state index is 0.130. The van der Waals surface area contributed by atoms with Crippen LogP contribution >= 0.6 is 0 Å². The molecule has 2 aliphatic rings. The molecule has 0 spiro atoms. The van der Waals surface area contributed by atoms with E-state index in [1.807, 2.05) is 0 Å². The quantitative estimate of drug-likeness (QED) is 0.718. The van der Waals surface area contributed by atoms with Crippen LogP contribution < -0.4 is 10.1 Å². The Hall–Kier alpha value is -2.93. The van der Waals surface area contributed by atoms with E-state index in [4.69, 9.17) is 9.15 Å². The molecule has 4 heterocycles. The molecule has 2 unspecified atom stereocenters. The molecule has 2 bridgehead atoms. The molecule has 0 aliphatic carbocycles. The van der Waals surface area contributed by atoms with Crippen LogP contribution in [-0.4, -0.2) is 46.0 Å². The number of nitrogens with one attached hydrogen (secondary N) is 1. The molecule has 2 saturated heterocycles. The summed E-state index contributed by atoms with van der Waals surface area (Å²) in [4.78, 5) is 23.9. The molecule has 29 heavy (non-hydrogen) atoms. The Morgan fingerprint density at radius 3 is 2.62 bits per heavy atom. The van der Waals surface area contributed by atoms with E-state index >= 15 is 0 Å². The standard InChI is InChI=1S/C22H24N4O3/c1-28-19-18-22(24-10-9-23-18)29-20(19)21(27)25-15-11-16-7-8-17(12-15)26(16)13-14-5-3-2-4-6-14/h2-6,9-10,15-17H,7-8,11-13H2,1H3,(H,25,27). The normalized spacial score (nSPS) is 24.0. The van der Waals surface area contributed by atoms with Gasteiger partial charge < -0.3 is 14.5 Å². The van der Waals surface area contributed by atoms with E-state index < -0.39 is 0 Å². The molecule has 0 saturated carbocycles. The van der Waals surface area contributed by atoms with Crippen molar-refractivity contribution >= 4 is 17.1 Å². The topological polar surface area (TPSA) is 80.5 Å². The fraction of sp³-hybridized carbons (Fsp3) is 0.409. The molecule has 5 rings (SSSR count). The summed E-state index contributed by atoms with van der Waals surface area (Å²) in [7, 11) is 1.51. The zero-order valence-electron chi connectivity index (χ0n) is 16.4. The lowest BCUT2D eigenvalue weighted by molar-refractivity contribution is 0.0803. The van der Waals surface area contributed by atoms with E-state index in [0.717, 1.165) is 19.4 Å². The summed E-state index contributed by atoms with van der Waals surface area (Å²) in [5.74, 6) is 0.227. The lowest BCUT2D eigenvalue weighted by Crippen LogP contribution is -2.49. The van der Waals surface area contributed by atoms with E-state index in [9.17, 15) is 4.79 Å². The number of hydrogen-bond donors (Lipinski definition) is 1. The molecular formula is C22H24N4O3. The lowest BCUT2D eigenvalue weighted by Gasteiger charge is -2.39. The molecule has 2 aliphatic heterocycles. The van der Waals surface area contributed by atoms with Crippen molar-refractivity contribution in [3.05, 3.63) is 54.0 Å². The van der Waals surface area contributed by atoms with Crippen LogP contribution in [-0.2, 0) is 6.54 Å². The number of rotatable bonds is 5. The maximum Gasteiger partial charge on any atom is 0.291 e. The number of ether oxygens (including phenoxy) is 1. The van der Waals surface area contributed by atoms with Crippen molar-refractivity contribution in [1.29, 1.82) is 0 Å². The highest BCUT2D eigenvalue weighted by Crippen LogP contribution is 2.37. The van der Waals surface area contributed by atoms with Crippen LogP contribution in [0.3, 0.4) is 0 Å². The first-order valence-corrected chi connectivity index (χ1v) is 10.1. The van der Waals surface area contributed by atoms with Crippen LogP contribution in [0.4, 0.5) is 0 Å². The van der Waals surface area contributed by atoms with Crippen LogP contribution in [0.5, 0.6) is 5.75 Å². The molecule has 150 valence electrons. The summed E-state index contributed by atoms with van der Waals surface area (Å²) in [5, 5.41) is 3.16. The second-order valence-corrected chi connectivity index (χ2v) is 7.86. The van der Waals surface area contributed by atoms with Gasteiger partial charge in [-0.15, -0.1) is 0 Å². The minimum atomic E-state index is -0.262. The molecule has 2 atom stereocenters. The second-order valence-electron chi connectivity index (χ2n) is 7.86. The average molecular weight is 392 g/mol. The number of carbonyl (C=O) groups excluding carboxylic acids is 1. The van der Waals surface area contributed by atoms with Crippen LogP contribution in [0.1, 0.15) is 41.8 Å². The number of methoxy groups -OCH3 is 1. The van der Waals surface area contributed by atoms with Gasteiger partial charge in [-0.1, -0.05) is 30.3 Å². The number of aromatic nitrogens is 2. The number of nitrogens with zero attached hydrogens (tertiary/aromatic N) is 3. The zero-order chi connectivity index (χ0) is 19.8. The van der Waals surface area contributed by atoms with Gasteiger partial charge in [0.2, 0.25) is 11.5 Å². The molecule has 2 aromatic heterocycles. The van der Waals surface area contributed by atoms with Gasteiger partial charge in [0.05, 0.1) is 7.11 Å². The Morgan fingerprint density at radius 1 is 1.17 bits per heavy atom. The summed E-state index contributed by atoms with van der Waals surface area (Å²) in [6, 6.07) is 11.7. The minimum Gasteiger partial charge on any atom is -0.491 e. The Labute approximate surface area is 169 Å². The van der Waals surface area contributed by atoms with Crippen molar-refractivity contribution in [3.8, 4) is 5.75 Å². The lowest BCUT2D eigenvalue weighted by atomic mass is 9.96. The highest BCUT2D eigenvalue weighted by Gasteiger charge is 2.41. The molecule has 1 N–H and O–H groups in total. The Morgan fingerprint density at radius 2 is 1.90 bits per heavy atom. The number of amides is 1. The van der Waals surface area contributed by atoms with Crippen molar-refractivity contribution in [2.45, 2.75) is 50.4 Å². The Bertz CT molecular complexity index is 1010. The van der Waals surface area contributed by atoms with Gasteiger partial charge in [-0.3, -0.25) is 9.69 Å². The number of hydrogen-bond acceptors (Lipinski definition) is 6. The Balaban J connectivity index is 1.29. The third kappa shape index (κ3) is 3.35. The molecule has 7 nitrogen and oxygen atoms in total. The molecular weight excluding hydrogens is 368 g/mol. The average Bonchev–Trinajstić information content (AvgIpc) is 3.22. The van der Waals surface area contributed by atoms with Gasteiger partial charge in [0.1, 0.15) is 0 Å². The number of fused-ring (bicyclic) bond motifs is 3. The first kappa shape index (κ1) is 18.1. The number of benzene rings is 1. The van der Waals surface area contributed by atoms with E-state index in [0.29, 0.717) is 29.1 Å². The van der Waals surface area contributed by atoms with E-state index in [1.54, 1.807) is 6.20 Å². The first-order valence-electron chi connectivity index (χ1n) is 10.1. The third-order valence-electron chi connectivity index (χ3n) is 6.12. The predicted molar refractivity (Wildman–Crippen MR) is 108 cm³/mol. The zero-order valence-corrected chi connectivity index (χ0v) is 16.4. The van der Waals surface area contributed by atoms with E-state index in [1.165, 1.54) is 31.7 Å². The number of carbonyl (C=O) groups is 1. The van der Waals surface area contributed by atoms with Gasteiger partial charge in [-0.05, 0) is 31.2 Å². The molecule has 1 aromatic carbocycles. The molecule has 7 heteroatoms. The highest BCUT2D eigenvalue weighted by molar-refractivity contribution is 5.99. The van der Waals surface area contributed by atoms with Gasteiger partial charge in [0.25, 0.3) is 5.91 Å². The largest absolute Gasteiger partial charge is 0.491 e. The molecule has 3 aromatic rings. The van der Waals surface area contributed by atoms with Crippen LogP contribution in [0.2, 0.25) is 0 Å². The van der Waals surface area contributed by atoms with Gasteiger partial charge in [-0.25, -0.2) is 9.97 Å². The first-order chi connectivity index (χ1) is 14.2. The fourth-order valence-corrected chi connectivity index (χ4v) is 4.84. The summed E-state index contributed by atoms with van der Waals surface area (Å²) in [6.45, 7) is 0.978. The van der Waals surface area contributed by atoms with Crippen molar-refractivity contribution in [1.82, 2.24) is 20.2 Å². The molecule has 1 amide bonds. The molecule has 2 fully saturated rings. The maximum atomic E-state index is 12.9. The number of furan rings is 1. The maximum absolute atomic E-state index is 12.9. The highest BCUT2D eigenvalue weighted by atomic mass is 16.5. The van der Waals surface area contributed by atoms with Crippen LogP contribution in [0, 0.1) is 0 Å². The fourth-order valence-electron chi connectivity index (χ4n) is 4.84. The summed E-state index contributed by atoms with van der Waals surface area (Å²) in [5.41, 5.74) is 2.13. The van der Waals surface area contributed by atoms with Gasteiger partial charge in [-0.2, -0.15) is 0 Å². The molecule has 0 radical (unpaired) electrons. The van der Waals surface area contributed by atoms with Gasteiger partial charge in [0.15, 0.2) is 11.3 Å². The Kier molecular flexibility index (Phi) is 4.67. The predicted octanol–water partition coefficient (Wildman–Crippen LogP) is 3.16. The smallest absolute Gasteiger partial charge is 0.291 e. The second kappa shape index (κ2) is 7.48.